The summed E-state index contributed by atoms with van der Waals surface area (Å²) in [5.74, 6) is 0.768. The fourth-order valence-corrected chi connectivity index (χ4v) is 1.29. The summed E-state index contributed by atoms with van der Waals surface area (Å²) in [6, 6.07) is 3.91. The average molecular weight is 205 g/mol. The third kappa shape index (κ3) is 2.05. The SMILES string of the molecule is Cc1cc(OCCl)cc(C)c1Cl. The first-order chi connectivity index (χ1) is 5.65. The summed E-state index contributed by atoms with van der Waals surface area (Å²) >= 11 is 11.4. The topological polar surface area (TPSA) is 9.23 Å². The molecule has 0 aromatic heterocycles. The van der Waals surface area contributed by atoms with Gasteiger partial charge < -0.3 is 4.74 Å². The van der Waals surface area contributed by atoms with Crippen LogP contribution in [0.2, 0.25) is 5.02 Å². The van der Waals surface area contributed by atoms with E-state index in [2.05, 4.69) is 0 Å². The number of aryl methyl sites for hydroxylation is 2. The first-order valence-electron chi connectivity index (χ1n) is 3.60. The minimum Gasteiger partial charge on any atom is -0.478 e. The Bertz CT molecular complexity index is 261. The summed E-state index contributed by atoms with van der Waals surface area (Å²) in [6.45, 7) is 3.88. The predicted molar refractivity (Wildman–Crippen MR) is 52.3 cm³/mol. The van der Waals surface area contributed by atoms with Gasteiger partial charge in [0, 0.05) is 5.02 Å². The second-order valence-corrected chi connectivity index (χ2v) is 3.22. The van der Waals surface area contributed by atoms with Crippen LogP contribution in [-0.2, 0) is 0 Å². The number of benzene rings is 1. The van der Waals surface area contributed by atoms with Crippen LogP contribution in [0.15, 0.2) is 12.1 Å². The molecule has 1 rings (SSSR count). The van der Waals surface area contributed by atoms with Crippen LogP contribution < -0.4 is 4.74 Å². The smallest absolute Gasteiger partial charge is 0.162 e. The number of rotatable bonds is 2. The Morgan fingerprint density at radius 2 is 1.75 bits per heavy atom. The molecule has 0 bridgehead atoms. The Balaban J connectivity index is 3.04. The Morgan fingerprint density at radius 3 is 2.17 bits per heavy atom. The molecule has 0 amide bonds. The maximum Gasteiger partial charge on any atom is 0.162 e. The van der Waals surface area contributed by atoms with Gasteiger partial charge in [-0.2, -0.15) is 0 Å². The van der Waals surface area contributed by atoms with Gasteiger partial charge in [-0.05, 0) is 37.1 Å². The van der Waals surface area contributed by atoms with Gasteiger partial charge >= 0.3 is 0 Å². The molecule has 1 aromatic carbocycles. The molecule has 0 aliphatic rings. The average Bonchev–Trinajstić information content (AvgIpc) is 2.01. The molecular weight excluding hydrogens is 195 g/mol. The maximum absolute atomic E-state index is 5.96. The van der Waals surface area contributed by atoms with E-state index in [0.717, 1.165) is 21.9 Å². The zero-order chi connectivity index (χ0) is 9.14. The third-order valence-corrected chi connectivity index (χ3v) is 2.34. The van der Waals surface area contributed by atoms with E-state index in [4.69, 9.17) is 27.9 Å². The molecule has 0 radical (unpaired) electrons. The van der Waals surface area contributed by atoms with Crippen molar-refractivity contribution < 1.29 is 4.74 Å². The summed E-state index contributed by atoms with van der Waals surface area (Å²) in [4.78, 5) is 0. The van der Waals surface area contributed by atoms with Gasteiger partial charge in [0.15, 0.2) is 6.07 Å². The van der Waals surface area contributed by atoms with Gasteiger partial charge in [-0.25, -0.2) is 0 Å². The Hall–Kier alpha value is -0.400. The maximum atomic E-state index is 5.96. The molecule has 0 saturated carbocycles. The molecule has 0 aliphatic carbocycles. The number of alkyl halides is 1. The number of ether oxygens (including phenoxy) is 1. The lowest BCUT2D eigenvalue weighted by Crippen LogP contribution is -1.91. The quantitative estimate of drug-likeness (QED) is 0.671. The molecule has 66 valence electrons. The number of hydrogen-bond acceptors (Lipinski definition) is 1. The van der Waals surface area contributed by atoms with Crippen molar-refractivity contribution in [2.75, 3.05) is 6.07 Å². The van der Waals surface area contributed by atoms with Crippen molar-refractivity contribution in [3.63, 3.8) is 0 Å². The molecule has 12 heavy (non-hydrogen) atoms. The molecule has 0 N–H and O–H groups in total. The molecule has 0 spiro atoms. The van der Waals surface area contributed by atoms with E-state index in [0.29, 0.717) is 0 Å². The van der Waals surface area contributed by atoms with Crippen LogP contribution in [0.25, 0.3) is 0 Å². The fraction of sp³-hybridized carbons (Fsp3) is 0.333. The molecular formula is C9H10Cl2O. The van der Waals surface area contributed by atoms with Crippen molar-refractivity contribution in [3.8, 4) is 5.75 Å². The van der Waals surface area contributed by atoms with Crippen LogP contribution in [0.4, 0.5) is 0 Å². The van der Waals surface area contributed by atoms with E-state index in [1.807, 2.05) is 26.0 Å². The van der Waals surface area contributed by atoms with E-state index in [9.17, 15) is 0 Å². The molecule has 1 nitrogen and oxygen atoms in total. The van der Waals surface area contributed by atoms with Gasteiger partial charge in [-0.1, -0.05) is 23.2 Å². The lowest BCUT2D eigenvalue weighted by molar-refractivity contribution is 0.387. The van der Waals surface area contributed by atoms with Crippen LogP contribution in [0.1, 0.15) is 11.1 Å². The highest BCUT2D eigenvalue weighted by Gasteiger charge is 2.02. The molecule has 1 aromatic rings. The number of hydrogen-bond donors (Lipinski definition) is 0. The second kappa shape index (κ2) is 4.01. The van der Waals surface area contributed by atoms with E-state index in [-0.39, 0.29) is 6.07 Å². The molecule has 0 heterocycles. The van der Waals surface area contributed by atoms with Crippen LogP contribution in [0, 0.1) is 13.8 Å². The molecule has 0 fully saturated rings. The van der Waals surface area contributed by atoms with Crippen molar-refractivity contribution in [3.05, 3.63) is 28.3 Å². The van der Waals surface area contributed by atoms with Gasteiger partial charge in [0.1, 0.15) is 5.75 Å². The highest BCUT2D eigenvalue weighted by molar-refractivity contribution is 6.32. The molecule has 0 atom stereocenters. The highest BCUT2D eigenvalue weighted by atomic mass is 35.5. The summed E-state index contributed by atoms with van der Waals surface area (Å²) in [5.41, 5.74) is 2.02. The summed E-state index contributed by atoms with van der Waals surface area (Å²) < 4.78 is 5.13. The Kier molecular flexibility index (Phi) is 3.24. The van der Waals surface area contributed by atoms with Crippen LogP contribution in [0.5, 0.6) is 5.75 Å². The van der Waals surface area contributed by atoms with E-state index >= 15 is 0 Å². The van der Waals surface area contributed by atoms with E-state index in [1.54, 1.807) is 0 Å². The minimum absolute atomic E-state index is 0.167. The first kappa shape index (κ1) is 9.69. The minimum atomic E-state index is 0.167. The van der Waals surface area contributed by atoms with Crippen molar-refractivity contribution in [2.24, 2.45) is 0 Å². The second-order valence-electron chi connectivity index (χ2n) is 2.62. The Morgan fingerprint density at radius 1 is 1.25 bits per heavy atom. The van der Waals surface area contributed by atoms with Crippen molar-refractivity contribution in [1.29, 1.82) is 0 Å². The monoisotopic (exact) mass is 204 g/mol. The predicted octanol–water partition coefficient (Wildman–Crippen LogP) is 3.53. The van der Waals surface area contributed by atoms with E-state index < -0.39 is 0 Å². The van der Waals surface area contributed by atoms with Crippen molar-refractivity contribution in [2.45, 2.75) is 13.8 Å². The lowest BCUT2D eigenvalue weighted by atomic mass is 10.1. The van der Waals surface area contributed by atoms with Gasteiger partial charge in [0.05, 0.1) is 0 Å². The zero-order valence-electron chi connectivity index (χ0n) is 7.03. The fourth-order valence-electron chi connectivity index (χ4n) is 1.05. The zero-order valence-corrected chi connectivity index (χ0v) is 8.54. The molecule has 0 aliphatic heterocycles. The highest BCUT2D eigenvalue weighted by Crippen LogP contribution is 2.25. The molecule has 0 unspecified atom stereocenters. The van der Waals surface area contributed by atoms with Crippen molar-refractivity contribution >= 4 is 23.2 Å². The standard InChI is InChI=1S/C9H10Cl2O/c1-6-3-8(12-5-10)4-7(2)9(6)11/h3-4H,5H2,1-2H3. The largest absolute Gasteiger partial charge is 0.478 e. The van der Waals surface area contributed by atoms with Gasteiger partial charge in [0.25, 0.3) is 0 Å². The van der Waals surface area contributed by atoms with Crippen LogP contribution in [0.3, 0.4) is 0 Å². The van der Waals surface area contributed by atoms with Crippen LogP contribution in [-0.4, -0.2) is 6.07 Å². The van der Waals surface area contributed by atoms with Crippen molar-refractivity contribution in [1.82, 2.24) is 0 Å². The van der Waals surface area contributed by atoms with Gasteiger partial charge in [-0.3, -0.25) is 0 Å². The van der Waals surface area contributed by atoms with Gasteiger partial charge in [0.2, 0.25) is 0 Å². The number of halogens is 2. The third-order valence-electron chi connectivity index (χ3n) is 1.63. The summed E-state index contributed by atoms with van der Waals surface area (Å²) in [7, 11) is 0. The Labute approximate surface area is 82.2 Å². The lowest BCUT2D eigenvalue weighted by Gasteiger charge is -2.06. The molecule has 3 heteroatoms. The van der Waals surface area contributed by atoms with E-state index in [1.165, 1.54) is 0 Å². The summed E-state index contributed by atoms with van der Waals surface area (Å²) in [6.07, 6.45) is 0. The summed E-state index contributed by atoms with van der Waals surface area (Å²) in [5, 5.41) is 0.789. The molecule has 0 saturated heterocycles. The van der Waals surface area contributed by atoms with Gasteiger partial charge in [-0.15, -0.1) is 0 Å². The normalized spacial score (nSPS) is 10.0. The first-order valence-corrected chi connectivity index (χ1v) is 4.52. The van der Waals surface area contributed by atoms with Crippen LogP contribution >= 0.6 is 23.2 Å².